The van der Waals surface area contributed by atoms with E-state index in [-0.39, 0.29) is 17.9 Å². The molecule has 3 heterocycles. The van der Waals surface area contributed by atoms with Gasteiger partial charge in [0.15, 0.2) is 0 Å². The normalized spacial score (nSPS) is 20.5. The molecular weight excluding hydrogens is 326 g/mol. The van der Waals surface area contributed by atoms with Crippen molar-refractivity contribution in [2.45, 2.75) is 19.4 Å². The summed E-state index contributed by atoms with van der Waals surface area (Å²) in [5.41, 5.74) is 4.14. The molecule has 0 saturated carbocycles. The van der Waals surface area contributed by atoms with Crippen LogP contribution in [-0.4, -0.2) is 35.3 Å². The fourth-order valence-electron chi connectivity index (χ4n) is 3.04. The molecule has 0 spiro atoms. The number of nitrogens with one attached hydrogen (secondary N) is 1. The summed E-state index contributed by atoms with van der Waals surface area (Å²) in [5.74, 6) is 0.924. The first-order chi connectivity index (χ1) is 11.7. The van der Waals surface area contributed by atoms with Crippen molar-refractivity contribution in [2.24, 2.45) is 5.92 Å². The third-order valence-electron chi connectivity index (χ3n) is 4.26. The predicted octanol–water partition coefficient (Wildman–Crippen LogP) is 2.58. The third-order valence-corrected chi connectivity index (χ3v) is 5.13. The van der Waals surface area contributed by atoms with E-state index in [4.69, 9.17) is 9.26 Å². The van der Waals surface area contributed by atoms with E-state index in [9.17, 15) is 4.79 Å². The van der Waals surface area contributed by atoms with Crippen LogP contribution in [0, 0.1) is 12.8 Å². The minimum atomic E-state index is -0.0842. The zero-order chi connectivity index (χ0) is 16.5. The molecule has 1 saturated heterocycles. The Hall–Kier alpha value is -2.25. The Balaban J connectivity index is 1.49. The zero-order valence-electron chi connectivity index (χ0n) is 13.2. The topological polar surface area (TPSA) is 77.2 Å². The van der Waals surface area contributed by atoms with Gasteiger partial charge in [0.2, 0.25) is 0 Å². The summed E-state index contributed by atoms with van der Waals surface area (Å²) < 4.78 is 11.8. The Kier molecular flexibility index (Phi) is 4.03. The lowest BCUT2D eigenvalue weighted by molar-refractivity contribution is 0.0926. The van der Waals surface area contributed by atoms with Crippen LogP contribution < -0.4 is 5.32 Å². The quantitative estimate of drug-likeness (QED) is 0.788. The van der Waals surface area contributed by atoms with E-state index in [1.54, 1.807) is 5.51 Å². The van der Waals surface area contributed by atoms with Crippen molar-refractivity contribution in [1.29, 1.82) is 0 Å². The molecule has 7 heteroatoms. The van der Waals surface area contributed by atoms with Gasteiger partial charge in [-0.2, -0.15) is 0 Å². The van der Waals surface area contributed by atoms with Crippen molar-refractivity contribution in [2.75, 3.05) is 13.2 Å². The van der Waals surface area contributed by atoms with Gasteiger partial charge in [-0.1, -0.05) is 11.2 Å². The van der Waals surface area contributed by atoms with Gasteiger partial charge in [0.1, 0.15) is 5.76 Å². The number of nitrogens with zero attached hydrogens (tertiary/aromatic N) is 2. The number of aromatic nitrogens is 2. The molecule has 0 aliphatic carbocycles. The van der Waals surface area contributed by atoms with E-state index >= 15 is 0 Å². The van der Waals surface area contributed by atoms with Gasteiger partial charge in [-0.25, -0.2) is 4.98 Å². The molecule has 1 N–H and O–H groups in total. The minimum Gasteiger partial charge on any atom is -0.379 e. The predicted molar refractivity (Wildman–Crippen MR) is 90.1 cm³/mol. The number of carbonyl (C=O) groups excluding carboxylic acids is 1. The van der Waals surface area contributed by atoms with Gasteiger partial charge in [0, 0.05) is 18.4 Å². The lowest BCUT2D eigenvalue weighted by Gasteiger charge is -2.18. The maximum absolute atomic E-state index is 12.7. The molecule has 2 aromatic heterocycles. The van der Waals surface area contributed by atoms with E-state index in [0.717, 1.165) is 21.7 Å². The fourth-order valence-corrected chi connectivity index (χ4v) is 3.84. The van der Waals surface area contributed by atoms with Gasteiger partial charge in [-0.15, -0.1) is 11.3 Å². The second-order valence-electron chi connectivity index (χ2n) is 6.02. The van der Waals surface area contributed by atoms with E-state index in [2.05, 4.69) is 15.5 Å². The first-order valence-electron chi connectivity index (χ1n) is 7.84. The smallest absolute Gasteiger partial charge is 0.253 e. The molecule has 124 valence electrons. The van der Waals surface area contributed by atoms with Crippen LogP contribution in [0.4, 0.5) is 0 Å². The third kappa shape index (κ3) is 2.92. The molecule has 0 unspecified atom stereocenters. The first kappa shape index (κ1) is 15.3. The monoisotopic (exact) mass is 343 g/mol. The first-order valence-corrected chi connectivity index (χ1v) is 8.71. The number of hydrogen-bond donors (Lipinski definition) is 1. The number of ether oxygens (including phenoxy) is 1. The molecule has 0 radical (unpaired) electrons. The van der Waals surface area contributed by atoms with Crippen LogP contribution in [0.3, 0.4) is 0 Å². The van der Waals surface area contributed by atoms with Crippen molar-refractivity contribution in [3.63, 3.8) is 0 Å². The van der Waals surface area contributed by atoms with Crippen LogP contribution in [0.25, 0.3) is 10.2 Å². The number of aryl methyl sites for hydroxylation is 1. The summed E-state index contributed by atoms with van der Waals surface area (Å²) in [7, 11) is 0. The van der Waals surface area contributed by atoms with Crippen molar-refractivity contribution >= 4 is 27.5 Å². The standard InChI is InChI=1S/C17H17N3O3S/c1-10-5-12(23-20-10)6-11-7-22-8-15(11)19-17(21)13-3-2-4-14-16(13)24-9-18-14/h2-5,9,11,15H,6-8H2,1H3,(H,19,21)/t11-,15+/m1/s1. The van der Waals surface area contributed by atoms with Gasteiger partial charge in [0.25, 0.3) is 5.91 Å². The number of amides is 1. The summed E-state index contributed by atoms with van der Waals surface area (Å²) in [6, 6.07) is 7.49. The Bertz CT molecular complexity index is 873. The Morgan fingerprint density at radius 3 is 3.17 bits per heavy atom. The molecule has 6 nitrogen and oxygen atoms in total. The van der Waals surface area contributed by atoms with Crippen LogP contribution >= 0.6 is 11.3 Å². The molecule has 4 rings (SSSR count). The maximum atomic E-state index is 12.7. The van der Waals surface area contributed by atoms with Crippen LogP contribution in [0.1, 0.15) is 21.8 Å². The van der Waals surface area contributed by atoms with Crippen LogP contribution in [0.15, 0.2) is 34.3 Å². The minimum absolute atomic E-state index is 0.0360. The highest BCUT2D eigenvalue weighted by molar-refractivity contribution is 7.17. The Morgan fingerprint density at radius 1 is 1.42 bits per heavy atom. The van der Waals surface area contributed by atoms with Gasteiger partial charge >= 0.3 is 0 Å². The largest absolute Gasteiger partial charge is 0.379 e. The second kappa shape index (κ2) is 6.33. The number of thiazole rings is 1. The summed E-state index contributed by atoms with van der Waals surface area (Å²) in [5, 5.41) is 7.02. The van der Waals surface area contributed by atoms with Crippen molar-refractivity contribution in [1.82, 2.24) is 15.5 Å². The highest BCUT2D eigenvalue weighted by Gasteiger charge is 2.31. The van der Waals surface area contributed by atoms with E-state index in [1.165, 1.54) is 11.3 Å². The van der Waals surface area contributed by atoms with Crippen LogP contribution in [-0.2, 0) is 11.2 Å². The molecule has 1 amide bonds. The average molecular weight is 343 g/mol. The SMILES string of the molecule is Cc1cc(C[C@@H]2COC[C@@H]2NC(=O)c2cccc3ncsc23)on1. The Labute approximate surface area is 142 Å². The number of rotatable bonds is 4. The molecule has 1 aliphatic heterocycles. The number of carbonyl (C=O) groups is 1. The molecule has 3 aromatic rings. The summed E-state index contributed by atoms with van der Waals surface area (Å²) in [6.45, 7) is 3.02. The lowest BCUT2D eigenvalue weighted by Crippen LogP contribution is -2.40. The lowest BCUT2D eigenvalue weighted by atomic mass is 9.98. The van der Waals surface area contributed by atoms with Gasteiger partial charge in [-0.3, -0.25) is 4.79 Å². The van der Waals surface area contributed by atoms with Crippen LogP contribution in [0.5, 0.6) is 0 Å². The van der Waals surface area contributed by atoms with Gasteiger partial charge < -0.3 is 14.6 Å². The summed E-state index contributed by atoms with van der Waals surface area (Å²) in [4.78, 5) is 17.0. The molecule has 2 atom stereocenters. The maximum Gasteiger partial charge on any atom is 0.253 e. The summed E-state index contributed by atoms with van der Waals surface area (Å²) >= 11 is 1.48. The van der Waals surface area contributed by atoms with Gasteiger partial charge in [0.05, 0.1) is 46.2 Å². The van der Waals surface area contributed by atoms with E-state index < -0.39 is 0 Å². The molecule has 0 bridgehead atoms. The molecule has 1 fully saturated rings. The van der Waals surface area contributed by atoms with Crippen molar-refractivity contribution in [3.8, 4) is 0 Å². The number of hydrogen-bond acceptors (Lipinski definition) is 6. The molecular formula is C17H17N3O3S. The fraction of sp³-hybridized carbons (Fsp3) is 0.353. The second-order valence-corrected chi connectivity index (χ2v) is 6.88. The zero-order valence-corrected chi connectivity index (χ0v) is 14.0. The highest BCUT2D eigenvalue weighted by atomic mass is 32.1. The van der Waals surface area contributed by atoms with Crippen molar-refractivity contribution in [3.05, 3.63) is 46.8 Å². The van der Waals surface area contributed by atoms with Crippen LogP contribution in [0.2, 0.25) is 0 Å². The van der Waals surface area contributed by atoms with Crippen molar-refractivity contribution < 1.29 is 14.1 Å². The number of fused-ring (bicyclic) bond motifs is 1. The Morgan fingerprint density at radius 2 is 2.33 bits per heavy atom. The molecule has 1 aliphatic rings. The van der Waals surface area contributed by atoms with Gasteiger partial charge in [-0.05, 0) is 19.1 Å². The number of benzene rings is 1. The highest BCUT2D eigenvalue weighted by Crippen LogP contribution is 2.24. The molecule has 24 heavy (non-hydrogen) atoms. The van der Waals surface area contributed by atoms with E-state index in [0.29, 0.717) is 25.2 Å². The average Bonchev–Trinajstić information content (AvgIpc) is 3.29. The van der Waals surface area contributed by atoms with E-state index in [1.807, 2.05) is 31.2 Å². The molecule has 1 aromatic carbocycles. The summed E-state index contributed by atoms with van der Waals surface area (Å²) in [6.07, 6.45) is 0.705.